The highest BCUT2D eigenvalue weighted by molar-refractivity contribution is 7.93. The van der Waals surface area contributed by atoms with Gasteiger partial charge in [-0.1, -0.05) is 57.2 Å². The molecular weight excluding hydrogens is 449 g/mol. The molecule has 1 heterocycles. The summed E-state index contributed by atoms with van der Waals surface area (Å²) in [4.78, 5) is 12.2. The molecule has 1 amide bonds. The Morgan fingerprint density at radius 3 is 2.25 bits per heavy atom. The standard InChI is InChI=1S/C24H26FNO4S2/c1-15-19(14-20(24(2,3)4)26-23(27)28)31-22(21(15)17-12-8-9-13-18(17)25)32(29,30)16-10-6-5-7-11-16/h5-13,20,26H,14H2,1-4H3,(H,27,28). The van der Waals surface area contributed by atoms with E-state index >= 15 is 0 Å². The zero-order chi connectivity index (χ0) is 23.7. The van der Waals surface area contributed by atoms with Gasteiger partial charge in [0.05, 0.1) is 4.90 Å². The predicted octanol–water partition coefficient (Wildman–Crippen LogP) is 5.92. The first-order chi connectivity index (χ1) is 14.9. The molecule has 5 nitrogen and oxygen atoms in total. The molecule has 0 fully saturated rings. The van der Waals surface area contributed by atoms with Gasteiger partial charge in [0.15, 0.2) is 0 Å². The Bertz CT molecular complexity index is 1230. The van der Waals surface area contributed by atoms with Crippen LogP contribution in [0.15, 0.2) is 63.7 Å². The van der Waals surface area contributed by atoms with Gasteiger partial charge in [0.25, 0.3) is 0 Å². The van der Waals surface area contributed by atoms with E-state index in [2.05, 4.69) is 5.32 Å². The molecule has 170 valence electrons. The Morgan fingerprint density at radius 2 is 1.69 bits per heavy atom. The third kappa shape index (κ3) is 4.86. The van der Waals surface area contributed by atoms with Crippen LogP contribution in [0.2, 0.25) is 0 Å². The number of benzene rings is 2. The van der Waals surface area contributed by atoms with Crippen LogP contribution in [0.5, 0.6) is 0 Å². The molecule has 0 radical (unpaired) electrons. The molecule has 1 unspecified atom stereocenters. The van der Waals surface area contributed by atoms with Crippen molar-refractivity contribution < 1.29 is 22.7 Å². The summed E-state index contributed by atoms with van der Waals surface area (Å²) in [5.74, 6) is -0.513. The van der Waals surface area contributed by atoms with E-state index in [0.29, 0.717) is 16.0 Å². The quantitative estimate of drug-likeness (QED) is 0.464. The first-order valence-electron chi connectivity index (χ1n) is 10.1. The van der Waals surface area contributed by atoms with Crippen LogP contribution in [0.1, 0.15) is 31.2 Å². The van der Waals surface area contributed by atoms with Gasteiger partial charge in [-0.15, -0.1) is 11.3 Å². The van der Waals surface area contributed by atoms with Crippen molar-refractivity contribution in [2.45, 2.75) is 49.3 Å². The largest absolute Gasteiger partial charge is 0.465 e. The lowest BCUT2D eigenvalue weighted by Crippen LogP contribution is -2.44. The molecule has 0 saturated carbocycles. The van der Waals surface area contributed by atoms with Crippen LogP contribution < -0.4 is 5.32 Å². The summed E-state index contributed by atoms with van der Waals surface area (Å²) in [6.45, 7) is 7.50. The number of carboxylic acid groups (broad SMARTS) is 1. The molecule has 0 bridgehead atoms. The number of hydrogen-bond donors (Lipinski definition) is 2. The molecule has 8 heteroatoms. The average molecular weight is 476 g/mol. The van der Waals surface area contributed by atoms with Crippen molar-refractivity contribution in [1.29, 1.82) is 0 Å². The maximum atomic E-state index is 14.8. The van der Waals surface area contributed by atoms with E-state index in [1.807, 2.05) is 20.8 Å². The van der Waals surface area contributed by atoms with Gasteiger partial charge in [0.2, 0.25) is 9.84 Å². The van der Waals surface area contributed by atoms with Crippen molar-refractivity contribution in [3.63, 3.8) is 0 Å². The molecule has 32 heavy (non-hydrogen) atoms. The van der Waals surface area contributed by atoms with Gasteiger partial charge in [-0.05, 0) is 36.1 Å². The summed E-state index contributed by atoms with van der Waals surface area (Å²) in [6.07, 6.45) is -0.858. The molecule has 3 rings (SSSR count). The molecular formula is C24H26FNO4S2. The highest BCUT2D eigenvalue weighted by atomic mass is 32.2. The highest BCUT2D eigenvalue weighted by Gasteiger charge is 2.32. The minimum absolute atomic E-state index is 0.0595. The average Bonchev–Trinajstić information content (AvgIpc) is 3.04. The maximum absolute atomic E-state index is 14.8. The number of carbonyl (C=O) groups is 1. The first kappa shape index (κ1) is 23.9. The lowest BCUT2D eigenvalue weighted by Gasteiger charge is -2.30. The van der Waals surface area contributed by atoms with Crippen molar-refractivity contribution in [3.8, 4) is 11.1 Å². The Kier molecular flexibility index (Phi) is 6.76. The molecule has 0 aliphatic rings. The third-order valence-electron chi connectivity index (χ3n) is 5.39. The Hall–Kier alpha value is -2.71. The molecule has 0 aliphatic heterocycles. The van der Waals surface area contributed by atoms with Crippen LogP contribution in [0.25, 0.3) is 11.1 Å². The fourth-order valence-electron chi connectivity index (χ4n) is 3.51. The molecule has 0 aliphatic carbocycles. The van der Waals surface area contributed by atoms with Crippen LogP contribution in [-0.2, 0) is 16.3 Å². The summed E-state index contributed by atoms with van der Waals surface area (Å²) in [7, 11) is -3.92. The van der Waals surface area contributed by atoms with Crippen LogP contribution in [-0.4, -0.2) is 25.7 Å². The Morgan fingerprint density at radius 1 is 1.09 bits per heavy atom. The van der Waals surface area contributed by atoms with Crippen molar-refractivity contribution in [1.82, 2.24) is 5.32 Å². The number of halogens is 1. The van der Waals surface area contributed by atoms with Crippen molar-refractivity contribution in [2.75, 3.05) is 0 Å². The molecule has 3 aromatic rings. The van der Waals surface area contributed by atoms with Crippen LogP contribution in [0.3, 0.4) is 0 Å². The van der Waals surface area contributed by atoms with Gasteiger partial charge < -0.3 is 10.4 Å². The lowest BCUT2D eigenvalue weighted by molar-refractivity contribution is 0.174. The summed E-state index contributed by atoms with van der Waals surface area (Å²) in [5.41, 5.74) is 0.761. The zero-order valence-electron chi connectivity index (χ0n) is 18.3. The number of thiophene rings is 1. The van der Waals surface area contributed by atoms with E-state index < -0.39 is 33.2 Å². The highest BCUT2D eigenvalue weighted by Crippen LogP contribution is 2.43. The van der Waals surface area contributed by atoms with Gasteiger partial charge in [-0.2, -0.15) is 0 Å². The van der Waals surface area contributed by atoms with E-state index in [1.165, 1.54) is 18.2 Å². The third-order valence-corrected chi connectivity index (χ3v) is 8.99. The van der Waals surface area contributed by atoms with Crippen LogP contribution in [0.4, 0.5) is 9.18 Å². The van der Waals surface area contributed by atoms with E-state index in [-0.39, 0.29) is 21.1 Å². The fourth-order valence-corrected chi connectivity index (χ4v) is 6.89. The summed E-state index contributed by atoms with van der Waals surface area (Å²) < 4.78 is 41.9. The van der Waals surface area contributed by atoms with Crippen molar-refractivity contribution in [2.24, 2.45) is 5.41 Å². The van der Waals surface area contributed by atoms with Crippen LogP contribution in [0, 0.1) is 18.2 Å². The molecule has 2 aromatic carbocycles. The molecule has 1 atom stereocenters. The van der Waals surface area contributed by atoms with Crippen LogP contribution >= 0.6 is 11.3 Å². The van der Waals surface area contributed by atoms with Gasteiger partial charge in [0, 0.05) is 28.5 Å². The second kappa shape index (κ2) is 9.03. The summed E-state index contributed by atoms with van der Waals surface area (Å²) in [6, 6.07) is 13.7. The second-order valence-corrected chi connectivity index (χ2v) is 11.9. The molecule has 2 N–H and O–H groups in total. The number of hydrogen-bond acceptors (Lipinski definition) is 4. The summed E-state index contributed by atoms with van der Waals surface area (Å²) >= 11 is 1.08. The normalized spacial score (nSPS) is 13.0. The minimum atomic E-state index is -3.92. The molecule has 1 aromatic heterocycles. The first-order valence-corrected chi connectivity index (χ1v) is 12.4. The summed E-state index contributed by atoms with van der Waals surface area (Å²) in [5, 5.41) is 11.8. The monoisotopic (exact) mass is 475 g/mol. The van der Waals surface area contributed by atoms with E-state index in [4.69, 9.17) is 0 Å². The fraction of sp³-hybridized carbons (Fsp3) is 0.292. The second-order valence-electron chi connectivity index (χ2n) is 8.68. The van der Waals surface area contributed by atoms with Crippen molar-refractivity contribution in [3.05, 3.63) is 70.9 Å². The number of sulfone groups is 1. The Labute approximate surface area is 191 Å². The topological polar surface area (TPSA) is 83.5 Å². The van der Waals surface area contributed by atoms with E-state index in [9.17, 15) is 22.7 Å². The van der Waals surface area contributed by atoms with E-state index in [0.717, 1.165) is 11.3 Å². The predicted molar refractivity (Wildman–Crippen MR) is 124 cm³/mol. The minimum Gasteiger partial charge on any atom is -0.465 e. The van der Waals surface area contributed by atoms with Gasteiger partial charge in [0.1, 0.15) is 10.0 Å². The molecule has 0 saturated heterocycles. The number of amides is 1. The van der Waals surface area contributed by atoms with Gasteiger partial charge in [-0.3, -0.25) is 0 Å². The number of rotatable bonds is 6. The van der Waals surface area contributed by atoms with E-state index in [1.54, 1.807) is 43.3 Å². The maximum Gasteiger partial charge on any atom is 0.404 e. The Balaban J connectivity index is 2.23. The smallest absolute Gasteiger partial charge is 0.404 e. The lowest BCUT2D eigenvalue weighted by atomic mass is 9.84. The number of nitrogens with one attached hydrogen (secondary N) is 1. The van der Waals surface area contributed by atoms with Crippen molar-refractivity contribution >= 4 is 27.3 Å². The zero-order valence-corrected chi connectivity index (χ0v) is 20.0. The molecule has 0 spiro atoms. The van der Waals surface area contributed by atoms with Gasteiger partial charge in [-0.25, -0.2) is 17.6 Å². The SMILES string of the molecule is Cc1c(CC(NC(=O)O)C(C)(C)C)sc(S(=O)(=O)c2ccccc2)c1-c1ccccc1F. The van der Waals surface area contributed by atoms with Gasteiger partial charge >= 0.3 is 6.09 Å².